The summed E-state index contributed by atoms with van der Waals surface area (Å²) < 4.78 is 11.1. The first-order chi connectivity index (χ1) is 12.9. The molecule has 1 aromatic carbocycles. The van der Waals surface area contributed by atoms with Gasteiger partial charge in [-0.05, 0) is 11.5 Å². The van der Waals surface area contributed by atoms with E-state index in [0.717, 1.165) is 6.54 Å². The van der Waals surface area contributed by atoms with Crippen LogP contribution in [0, 0.1) is 5.92 Å². The molecule has 0 fully saturated rings. The lowest BCUT2D eigenvalue weighted by molar-refractivity contribution is 0.0931. The van der Waals surface area contributed by atoms with Crippen molar-refractivity contribution < 1.29 is 9.26 Å². The number of nitrogens with one attached hydrogen (secondary N) is 2. The number of rotatable bonds is 8. The van der Waals surface area contributed by atoms with E-state index in [2.05, 4.69) is 44.8 Å². The minimum absolute atomic E-state index is 0. The van der Waals surface area contributed by atoms with Gasteiger partial charge in [-0.2, -0.15) is 4.98 Å². The zero-order chi connectivity index (χ0) is 19.7. The molecule has 8 heteroatoms. The number of nitrogens with zero attached hydrogens (tertiary/aromatic N) is 3. The Morgan fingerprint density at radius 2 is 1.93 bits per heavy atom. The van der Waals surface area contributed by atoms with Gasteiger partial charge in [0.25, 0.3) is 0 Å². The Morgan fingerprint density at radius 1 is 1.21 bits per heavy atom. The number of ether oxygens (including phenoxy) is 1. The highest BCUT2D eigenvalue weighted by atomic mass is 127. The number of hydrogen-bond acceptors (Lipinski definition) is 5. The average molecular weight is 501 g/mol. The summed E-state index contributed by atoms with van der Waals surface area (Å²) in [6, 6.07) is 10.2. The van der Waals surface area contributed by atoms with Gasteiger partial charge in [0.05, 0.1) is 19.8 Å². The van der Waals surface area contributed by atoms with Gasteiger partial charge >= 0.3 is 0 Å². The van der Waals surface area contributed by atoms with Crippen LogP contribution in [-0.4, -0.2) is 36.3 Å². The number of aliphatic imine (C=N–C) groups is 1. The fourth-order valence-corrected chi connectivity index (χ4v) is 2.30. The summed E-state index contributed by atoms with van der Waals surface area (Å²) in [6.45, 7) is 10.8. The Morgan fingerprint density at radius 3 is 2.54 bits per heavy atom. The molecule has 2 N–H and O–H groups in total. The molecule has 7 nitrogen and oxygen atoms in total. The molecule has 0 saturated heterocycles. The van der Waals surface area contributed by atoms with Gasteiger partial charge in [0.15, 0.2) is 11.8 Å². The Bertz CT molecular complexity index is 713. The van der Waals surface area contributed by atoms with Crippen molar-refractivity contribution in [3.05, 3.63) is 47.6 Å². The first-order valence-electron chi connectivity index (χ1n) is 9.27. The van der Waals surface area contributed by atoms with E-state index in [9.17, 15) is 0 Å². The molecule has 1 unspecified atom stereocenters. The van der Waals surface area contributed by atoms with Crippen LogP contribution < -0.4 is 10.6 Å². The van der Waals surface area contributed by atoms with E-state index in [1.165, 1.54) is 5.56 Å². The molecular formula is C20H32IN5O2. The van der Waals surface area contributed by atoms with Crippen LogP contribution in [0.1, 0.15) is 45.0 Å². The molecule has 1 aromatic heterocycles. The maximum absolute atomic E-state index is 5.78. The minimum Gasteiger partial charge on any atom is -0.376 e. The molecule has 0 radical (unpaired) electrons. The van der Waals surface area contributed by atoms with Gasteiger partial charge in [-0.3, -0.25) is 4.99 Å². The Balaban J connectivity index is 0.00000392. The predicted octanol–water partition coefficient (Wildman–Crippen LogP) is 3.50. The van der Waals surface area contributed by atoms with Crippen molar-refractivity contribution >= 4 is 29.9 Å². The summed E-state index contributed by atoms with van der Waals surface area (Å²) in [6.07, 6.45) is 0. The van der Waals surface area contributed by atoms with Gasteiger partial charge in [-0.1, -0.05) is 63.2 Å². The predicted molar refractivity (Wildman–Crippen MR) is 122 cm³/mol. The lowest BCUT2D eigenvalue weighted by Crippen LogP contribution is -2.39. The third-order valence-electron chi connectivity index (χ3n) is 3.88. The Labute approximate surface area is 184 Å². The number of aromatic nitrogens is 2. The van der Waals surface area contributed by atoms with E-state index in [4.69, 9.17) is 9.26 Å². The summed E-state index contributed by atoms with van der Waals surface area (Å²) >= 11 is 0. The van der Waals surface area contributed by atoms with Crippen LogP contribution in [0.25, 0.3) is 0 Å². The third kappa shape index (κ3) is 8.55. The smallest absolute Gasteiger partial charge is 0.232 e. The highest BCUT2D eigenvalue weighted by Gasteiger charge is 2.21. The quantitative estimate of drug-likeness (QED) is 0.327. The van der Waals surface area contributed by atoms with Crippen LogP contribution >= 0.6 is 24.0 Å². The molecule has 0 aliphatic rings. The molecule has 2 aromatic rings. The van der Waals surface area contributed by atoms with E-state index in [-0.39, 0.29) is 29.4 Å². The van der Waals surface area contributed by atoms with Crippen LogP contribution in [0.2, 0.25) is 0 Å². The number of benzene rings is 1. The summed E-state index contributed by atoms with van der Waals surface area (Å²) in [5.41, 5.74) is 1.03. The molecule has 1 atom stereocenters. The first kappa shape index (κ1) is 24.4. The summed E-state index contributed by atoms with van der Waals surface area (Å²) in [4.78, 5) is 8.64. The lowest BCUT2D eigenvalue weighted by Gasteiger charge is -2.16. The first-order valence-corrected chi connectivity index (χ1v) is 9.27. The maximum atomic E-state index is 5.78. The topological polar surface area (TPSA) is 84.6 Å². The molecule has 28 heavy (non-hydrogen) atoms. The van der Waals surface area contributed by atoms with Gasteiger partial charge in [-0.15, -0.1) is 24.0 Å². The second-order valence-corrected chi connectivity index (χ2v) is 7.68. The van der Waals surface area contributed by atoms with E-state index in [1.54, 1.807) is 7.05 Å². The molecule has 2 rings (SSSR count). The normalized spacial score (nSPS) is 13.0. The highest BCUT2D eigenvalue weighted by Crippen LogP contribution is 2.19. The van der Waals surface area contributed by atoms with Crippen LogP contribution in [-0.2, 0) is 23.3 Å². The van der Waals surface area contributed by atoms with Crippen LogP contribution in [0.15, 0.2) is 39.8 Å². The minimum atomic E-state index is -0.152. The zero-order valence-electron chi connectivity index (χ0n) is 17.4. The van der Waals surface area contributed by atoms with Crippen molar-refractivity contribution in [1.29, 1.82) is 0 Å². The van der Waals surface area contributed by atoms with Crippen molar-refractivity contribution in [1.82, 2.24) is 20.8 Å². The SMILES string of the molecule is CN=C(NCc1noc(C(C)(C)C)n1)NCC(C)COCc1ccccc1.I. The molecular weight excluding hydrogens is 469 g/mol. The summed E-state index contributed by atoms with van der Waals surface area (Å²) in [5.74, 6) is 2.30. The van der Waals surface area contributed by atoms with E-state index in [1.807, 2.05) is 39.0 Å². The second kappa shape index (κ2) is 12.0. The highest BCUT2D eigenvalue weighted by molar-refractivity contribution is 14.0. The summed E-state index contributed by atoms with van der Waals surface area (Å²) in [7, 11) is 1.74. The molecule has 0 saturated carbocycles. The van der Waals surface area contributed by atoms with E-state index >= 15 is 0 Å². The molecule has 0 amide bonds. The third-order valence-corrected chi connectivity index (χ3v) is 3.88. The van der Waals surface area contributed by atoms with Gasteiger partial charge in [-0.25, -0.2) is 0 Å². The molecule has 0 aliphatic carbocycles. The molecule has 0 aliphatic heterocycles. The lowest BCUT2D eigenvalue weighted by atomic mass is 9.97. The zero-order valence-corrected chi connectivity index (χ0v) is 19.7. The van der Waals surface area contributed by atoms with Crippen molar-refractivity contribution in [2.45, 2.75) is 46.3 Å². The number of guanidine groups is 1. The standard InChI is InChI=1S/C20H31N5O2.HI/c1-15(13-26-14-16-9-7-6-8-10-16)11-22-19(21-5)23-12-17-24-18(27-25-17)20(2,3)4;/h6-10,15H,11-14H2,1-5H3,(H2,21,22,23);1H. The molecule has 0 spiro atoms. The summed E-state index contributed by atoms with van der Waals surface area (Å²) in [5, 5.41) is 10.5. The Kier molecular flexibility index (Phi) is 10.4. The van der Waals surface area contributed by atoms with Crippen molar-refractivity contribution in [2.75, 3.05) is 20.2 Å². The van der Waals surface area contributed by atoms with Gasteiger partial charge in [0, 0.05) is 19.0 Å². The van der Waals surface area contributed by atoms with Crippen LogP contribution in [0.5, 0.6) is 0 Å². The second-order valence-electron chi connectivity index (χ2n) is 7.68. The van der Waals surface area contributed by atoms with Gasteiger partial charge < -0.3 is 19.9 Å². The van der Waals surface area contributed by atoms with Crippen molar-refractivity contribution in [3.63, 3.8) is 0 Å². The Hall–Kier alpha value is -1.68. The fraction of sp³-hybridized carbons (Fsp3) is 0.550. The van der Waals surface area contributed by atoms with Crippen molar-refractivity contribution in [3.8, 4) is 0 Å². The van der Waals surface area contributed by atoms with Crippen LogP contribution in [0.4, 0.5) is 0 Å². The fourth-order valence-electron chi connectivity index (χ4n) is 2.30. The van der Waals surface area contributed by atoms with Crippen LogP contribution in [0.3, 0.4) is 0 Å². The average Bonchev–Trinajstić information content (AvgIpc) is 3.12. The van der Waals surface area contributed by atoms with Crippen molar-refractivity contribution in [2.24, 2.45) is 10.9 Å². The monoisotopic (exact) mass is 501 g/mol. The number of hydrogen-bond donors (Lipinski definition) is 2. The molecule has 1 heterocycles. The maximum Gasteiger partial charge on any atom is 0.232 e. The van der Waals surface area contributed by atoms with Gasteiger partial charge in [0.1, 0.15) is 0 Å². The largest absolute Gasteiger partial charge is 0.376 e. The van der Waals surface area contributed by atoms with E-state index in [0.29, 0.717) is 43.4 Å². The van der Waals surface area contributed by atoms with Gasteiger partial charge in [0.2, 0.25) is 5.89 Å². The van der Waals surface area contributed by atoms with E-state index < -0.39 is 0 Å². The number of halogens is 1. The molecule has 156 valence electrons. The molecule has 0 bridgehead atoms.